The standard InChI is InChI=1S/C27H28N2O4S/c1-19(22-7-4-3-5-8-22)28-27(31)23-9-6-10-25(17-23)29(20(2)30)24-13-15-26(16-14-24)34(32,33)18-21-11-12-21/h3-10,13-17,19,21H,11-12,18H2,1-2H3,(H,28,31). The third kappa shape index (κ3) is 5.54. The Morgan fingerprint density at radius 1 is 0.941 bits per heavy atom. The molecule has 1 unspecified atom stereocenters. The largest absolute Gasteiger partial charge is 0.346 e. The Labute approximate surface area is 200 Å². The topological polar surface area (TPSA) is 83.6 Å². The molecular weight excluding hydrogens is 448 g/mol. The molecule has 0 radical (unpaired) electrons. The van der Waals surface area contributed by atoms with E-state index in [9.17, 15) is 18.0 Å². The van der Waals surface area contributed by atoms with Gasteiger partial charge in [0.2, 0.25) is 5.91 Å². The Kier molecular flexibility index (Phi) is 6.84. The van der Waals surface area contributed by atoms with Gasteiger partial charge >= 0.3 is 0 Å². The number of sulfone groups is 1. The summed E-state index contributed by atoms with van der Waals surface area (Å²) in [7, 11) is -3.33. The molecule has 0 bridgehead atoms. The van der Waals surface area contributed by atoms with Crippen LogP contribution in [0.5, 0.6) is 0 Å². The molecule has 0 heterocycles. The highest BCUT2D eigenvalue weighted by atomic mass is 32.2. The van der Waals surface area contributed by atoms with Gasteiger partial charge in [-0.1, -0.05) is 36.4 Å². The summed E-state index contributed by atoms with van der Waals surface area (Å²) in [5, 5.41) is 2.98. The lowest BCUT2D eigenvalue weighted by atomic mass is 10.1. The smallest absolute Gasteiger partial charge is 0.251 e. The van der Waals surface area contributed by atoms with Crippen LogP contribution in [-0.4, -0.2) is 26.0 Å². The highest BCUT2D eigenvalue weighted by Crippen LogP contribution is 2.33. The van der Waals surface area contributed by atoms with Crippen LogP contribution in [0.4, 0.5) is 11.4 Å². The summed E-state index contributed by atoms with van der Waals surface area (Å²) in [6.07, 6.45) is 1.92. The van der Waals surface area contributed by atoms with Gasteiger partial charge in [-0.15, -0.1) is 0 Å². The summed E-state index contributed by atoms with van der Waals surface area (Å²) in [4.78, 5) is 27.1. The lowest BCUT2D eigenvalue weighted by molar-refractivity contribution is -0.115. The van der Waals surface area contributed by atoms with E-state index in [1.165, 1.54) is 11.8 Å². The minimum absolute atomic E-state index is 0.168. The molecule has 0 aliphatic heterocycles. The summed E-state index contributed by atoms with van der Waals surface area (Å²) in [6.45, 7) is 3.35. The van der Waals surface area contributed by atoms with E-state index in [-0.39, 0.29) is 34.4 Å². The molecule has 6 nitrogen and oxygen atoms in total. The van der Waals surface area contributed by atoms with Crippen LogP contribution >= 0.6 is 0 Å². The minimum atomic E-state index is -3.33. The highest BCUT2D eigenvalue weighted by Gasteiger charge is 2.29. The van der Waals surface area contributed by atoms with Gasteiger partial charge in [-0.05, 0) is 73.7 Å². The number of anilines is 2. The van der Waals surface area contributed by atoms with Crippen molar-refractivity contribution in [3.63, 3.8) is 0 Å². The summed E-state index contributed by atoms with van der Waals surface area (Å²) >= 11 is 0. The third-order valence-corrected chi connectivity index (χ3v) is 7.84. The van der Waals surface area contributed by atoms with Crippen LogP contribution in [0.15, 0.2) is 83.8 Å². The van der Waals surface area contributed by atoms with Gasteiger partial charge in [0.15, 0.2) is 9.84 Å². The van der Waals surface area contributed by atoms with Gasteiger partial charge in [0.05, 0.1) is 16.7 Å². The molecule has 1 aliphatic rings. The number of nitrogens with one attached hydrogen (secondary N) is 1. The zero-order valence-corrected chi connectivity index (χ0v) is 20.1. The van der Waals surface area contributed by atoms with Gasteiger partial charge < -0.3 is 5.32 Å². The molecule has 7 heteroatoms. The first-order valence-corrected chi connectivity index (χ1v) is 13.0. The number of hydrogen-bond donors (Lipinski definition) is 1. The second-order valence-electron chi connectivity index (χ2n) is 8.73. The van der Waals surface area contributed by atoms with Crippen LogP contribution in [0.3, 0.4) is 0 Å². The zero-order chi connectivity index (χ0) is 24.3. The predicted octanol–water partition coefficient (Wildman–Crippen LogP) is 5.05. The molecule has 176 valence electrons. The van der Waals surface area contributed by atoms with E-state index in [4.69, 9.17) is 0 Å². The first kappa shape index (κ1) is 23.7. The van der Waals surface area contributed by atoms with E-state index in [2.05, 4.69) is 5.32 Å². The molecule has 0 spiro atoms. The van der Waals surface area contributed by atoms with Crippen LogP contribution in [0, 0.1) is 5.92 Å². The molecule has 2 amide bonds. The van der Waals surface area contributed by atoms with Crippen molar-refractivity contribution in [3.05, 3.63) is 90.0 Å². The first-order chi connectivity index (χ1) is 16.2. The van der Waals surface area contributed by atoms with Crippen molar-refractivity contribution in [1.82, 2.24) is 5.32 Å². The van der Waals surface area contributed by atoms with E-state index >= 15 is 0 Å². The molecule has 1 atom stereocenters. The lowest BCUT2D eigenvalue weighted by Crippen LogP contribution is -2.27. The number of nitrogens with zero attached hydrogens (tertiary/aromatic N) is 1. The fraction of sp³-hybridized carbons (Fsp3) is 0.259. The van der Waals surface area contributed by atoms with Crippen LogP contribution in [-0.2, 0) is 14.6 Å². The Morgan fingerprint density at radius 3 is 2.24 bits per heavy atom. The normalized spacial score (nSPS) is 14.3. The molecule has 3 aromatic rings. The Hall–Kier alpha value is -3.45. The predicted molar refractivity (Wildman–Crippen MR) is 133 cm³/mol. The van der Waals surface area contributed by atoms with Crippen molar-refractivity contribution in [1.29, 1.82) is 0 Å². The van der Waals surface area contributed by atoms with Gasteiger partial charge in [-0.3, -0.25) is 14.5 Å². The molecule has 0 saturated heterocycles. The molecule has 1 N–H and O–H groups in total. The molecule has 4 rings (SSSR count). The van der Waals surface area contributed by atoms with E-state index < -0.39 is 9.84 Å². The summed E-state index contributed by atoms with van der Waals surface area (Å²) < 4.78 is 25.1. The number of benzene rings is 3. The van der Waals surface area contributed by atoms with Crippen molar-refractivity contribution >= 4 is 33.0 Å². The maximum atomic E-state index is 12.9. The quantitative estimate of drug-likeness (QED) is 0.493. The molecule has 1 saturated carbocycles. The maximum Gasteiger partial charge on any atom is 0.251 e. The SMILES string of the molecule is CC(=O)N(c1ccc(S(=O)(=O)CC2CC2)cc1)c1cccc(C(=O)NC(C)c2ccccc2)c1. The fourth-order valence-electron chi connectivity index (χ4n) is 3.90. The van der Waals surface area contributed by atoms with Crippen molar-refractivity contribution < 1.29 is 18.0 Å². The van der Waals surface area contributed by atoms with E-state index in [1.807, 2.05) is 37.3 Å². The van der Waals surface area contributed by atoms with Crippen LogP contribution in [0.1, 0.15) is 48.7 Å². The van der Waals surface area contributed by atoms with Crippen LogP contribution in [0.2, 0.25) is 0 Å². The second kappa shape index (κ2) is 9.81. The highest BCUT2D eigenvalue weighted by molar-refractivity contribution is 7.91. The van der Waals surface area contributed by atoms with Crippen LogP contribution in [0.25, 0.3) is 0 Å². The monoisotopic (exact) mass is 476 g/mol. The van der Waals surface area contributed by atoms with Crippen molar-refractivity contribution in [2.45, 2.75) is 37.6 Å². The number of hydrogen-bond acceptors (Lipinski definition) is 4. The number of amides is 2. The van der Waals surface area contributed by atoms with E-state index in [0.29, 0.717) is 16.9 Å². The van der Waals surface area contributed by atoms with Gasteiger partial charge in [0.1, 0.15) is 0 Å². The third-order valence-electron chi connectivity index (χ3n) is 5.93. The van der Waals surface area contributed by atoms with Crippen molar-refractivity contribution in [3.8, 4) is 0 Å². The molecular formula is C27H28N2O4S. The first-order valence-electron chi connectivity index (χ1n) is 11.3. The Balaban J connectivity index is 1.55. The van der Waals surface area contributed by atoms with Gasteiger partial charge in [0, 0.05) is 23.9 Å². The number of rotatable bonds is 8. The van der Waals surface area contributed by atoms with Gasteiger partial charge in [0.25, 0.3) is 5.91 Å². The summed E-state index contributed by atoms with van der Waals surface area (Å²) in [5.74, 6) is -0.0645. The number of carbonyl (C=O) groups excluding carboxylic acids is 2. The van der Waals surface area contributed by atoms with Gasteiger partial charge in [-0.25, -0.2) is 8.42 Å². The number of carbonyl (C=O) groups is 2. The average molecular weight is 477 g/mol. The average Bonchev–Trinajstić information content (AvgIpc) is 3.63. The maximum absolute atomic E-state index is 12.9. The fourth-order valence-corrected chi connectivity index (χ4v) is 5.59. The molecule has 1 fully saturated rings. The van der Waals surface area contributed by atoms with E-state index in [0.717, 1.165) is 18.4 Å². The molecule has 1 aliphatic carbocycles. The second-order valence-corrected chi connectivity index (χ2v) is 10.8. The zero-order valence-electron chi connectivity index (χ0n) is 19.3. The van der Waals surface area contributed by atoms with Crippen molar-refractivity contribution in [2.24, 2.45) is 5.92 Å². The van der Waals surface area contributed by atoms with Crippen LogP contribution < -0.4 is 10.2 Å². The summed E-state index contributed by atoms with van der Waals surface area (Å²) in [5.41, 5.74) is 2.48. The Bertz CT molecular complexity index is 1280. The Morgan fingerprint density at radius 2 is 1.62 bits per heavy atom. The van der Waals surface area contributed by atoms with Crippen molar-refractivity contribution in [2.75, 3.05) is 10.7 Å². The van der Waals surface area contributed by atoms with Gasteiger partial charge in [-0.2, -0.15) is 0 Å². The van der Waals surface area contributed by atoms with E-state index in [1.54, 1.807) is 48.5 Å². The lowest BCUT2D eigenvalue weighted by Gasteiger charge is -2.22. The summed E-state index contributed by atoms with van der Waals surface area (Å²) in [6, 6.07) is 22.7. The molecule has 3 aromatic carbocycles. The minimum Gasteiger partial charge on any atom is -0.346 e. The molecule has 34 heavy (non-hydrogen) atoms. The molecule has 0 aromatic heterocycles.